The number of methoxy groups -OCH3 is 1. The van der Waals surface area contributed by atoms with Gasteiger partial charge in [0.1, 0.15) is 11.5 Å². The third-order valence-electron chi connectivity index (χ3n) is 4.33. The van der Waals surface area contributed by atoms with Crippen LogP contribution in [0.15, 0.2) is 60.2 Å². The molecule has 2 aromatic carbocycles. The molecule has 0 aliphatic carbocycles. The fourth-order valence-electron chi connectivity index (χ4n) is 3.05. The van der Waals surface area contributed by atoms with Crippen LogP contribution in [0.3, 0.4) is 0 Å². The van der Waals surface area contributed by atoms with E-state index < -0.39 is 17.7 Å². The Bertz CT molecular complexity index is 842. The Kier molecular flexibility index (Phi) is 5.04. The molecule has 1 aliphatic heterocycles. The van der Waals surface area contributed by atoms with Crippen molar-refractivity contribution in [2.75, 3.05) is 20.3 Å². The lowest BCUT2D eigenvalue weighted by atomic mass is 9.95. The average molecular weight is 353 g/mol. The van der Waals surface area contributed by atoms with Gasteiger partial charge >= 0.3 is 0 Å². The SMILES string of the molecule is COCCN1C(=O)C(=O)/C(=C(/O)c2ccccc2)[C@H]1c1ccc(O)cc1. The molecule has 1 atom stereocenters. The molecule has 1 fully saturated rings. The van der Waals surface area contributed by atoms with E-state index in [2.05, 4.69) is 0 Å². The van der Waals surface area contributed by atoms with Gasteiger partial charge in [-0.1, -0.05) is 42.5 Å². The summed E-state index contributed by atoms with van der Waals surface area (Å²) < 4.78 is 5.05. The van der Waals surface area contributed by atoms with Crippen molar-refractivity contribution in [1.29, 1.82) is 0 Å². The first-order valence-corrected chi connectivity index (χ1v) is 8.16. The van der Waals surface area contributed by atoms with E-state index in [1.165, 1.54) is 24.1 Å². The van der Waals surface area contributed by atoms with Gasteiger partial charge in [0.05, 0.1) is 18.2 Å². The van der Waals surface area contributed by atoms with Gasteiger partial charge in [-0.3, -0.25) is 9.59 Å². The van der Waals surface area contributed by atoms with Gasteiger partial charge in [-0.25, -0.2) is 0 Å². The molecule has 2 aromatic rings. The number of amides is 1. The Morgan fingerprint density at radius 3 is 2.35 bits per heavy atom. The number of Topliss-reactive ketones (excluding diaryl/α,β-unsaturated/α-hetero) is 1. The molecule has 1 aliphatic rings. The summed E-state index contributed by atoms with van der Waals surface area (Å²) in [5.41, 5.74) is 1.11. The van der Waals surface area contributed by atoms with E-state index in [1.54, 1.807) is 42.5 Å². The highest BCUT2D eigenvalue weighted by Crippen LogP contribution is 2.39. The first-order chi connectivity index (χ1) is 12.5. The Balaban J connectivity index is 2.15. The van der Waals surface area contributed by atoms with Crippen LogP contribution in [-0.4, -0.2) is 47.1 Å². The summed E-state index contributed by atoms with van der Waals surface area (Å²) in [6, 6.07) is 14.1. The molecule has 0 aromatic heterocycles. The third kappa shape index (κ3) is 3.19. The number of aliphatic hydroxyl groups is 1. The molecule has 2 N–H and O–H groups in total. The van der Waals surface area contributed by atoms with Gasteiger partial charge in [0.15, 0.2) is 0 Å². The summed E-state index contributed by atoms with van der Waals surface area (Å²) in [6.07, 6.45) is 0. The summed E-state index contributed by atoms with van der Waals surface area (Å²) in [5, 5.41) is 20.3. The van der Waals surface area contributed by atoms with Crippen LogP contribution in [0.4, 0.5) is 0 Å². The summed E-state index contributed by atoms with van der Waals surface area (Å²) >= 11 is 0. The highest BCUT2D eigenvalue weighted by molar-refractivity contribution is 6.46. The number of hydrogen-bond acceptors (Lipinski definition) is 5. The van der Waals surface area contributed by atoms with Crippen molar-refractivity contribution >= 4 is 17.4 Å². The van der Waals surface area contributed by atoms with Crippen LogP contribution < -0.4 is 0 Å². The Morgan fingerprint density at radius 2 is 1.73 bits per heavy atom. The van der Waals surface area contributed by atoms with E-state index in [9.17, 15) is 19.8 Å². The summed E-state index contributed by atoms with van der Waals surface area (Å²) in [6.45, 7) is 0.463. The number of rotatable bonds is 5. The van der Waals surface area contributed by atoms with Crippen LogP contribution in [0.25, 0.3) is 5.76 Å². The minimum atomic E-state index is -0.744. The van der Waals surface area contributed by atoms with Crippen LogP contribution >= 0.6 is 0 Å². The average Bonchev–Trinajstić information content (AvgIpc) is 2.91. The zero-order valence-electron chi connectivity index (χ0n) is 14.3. The smallest absolute Gasteiger partial charge is 0.295 e. The molecule has 0 spiro atoms. The number of phenols is 1. The maximum absolute atomic E-state index is 12.6. The summed E-state index contributed by atoms with van der Waals surface area (Å²) in [7, 11) is 1.51. The molecule has 0 unspecified atom stereocenters. The molecule has 0 bridgehead atoms. The second-order valence-electron chi connectivity index (χ2n) is 5.94. The third-order valence-corrected chi connectivity index (χ3v) is 4.33. The summed E-state index contributed by atoms with van der Waals surface area (Å²) in [4.78, 5) is 26.6. The second kappa shape index (κ2) is 7.41. The predicted molar refractivity (Wildman–Crippen MR) is 95.4 cm³/mol. The van der Waals surface area contributed by atoms with Gasteiger partial charge in [0, 0.05) is 19.2 Å². The van der Waals surface area contributed by atoms with Crippen LogP contribution in [0.2, 0.25) is 0 Å². The molecule has 0 saturated carbocycles. The number of carbonyl (C=O) groups excluding carboxylic acids is 2. The van der Waals surface area contributed by atoms with Gasteiger partial charge in [-0.15, -0.1) is 0 Å². The molecular formula is C20H19NO5. The quantitative estimate of drug-likeness (QED) is 0.490. The standard InChI is InChI=1S/C20H19NO5/c1-26-12-11-21-17(13-7-9-15(22)10-8-13)16(19(24)20(21)25)18(23)14-5-3-2-4-6-14/h2-10,17,22-23H,11-12H2,1H3/b18-16+/t17-/m1/s1. The number of carbonyl (C=O) groups is 2. The van der Waals surface area contributed by atoms with Crippen LogP contribution in [0.1, 0.15) is 17.2 Å². The van der Waals surface area contributed by atoms with E-state index in [4.69, 9.17) is 4.74 Å². The van der Waals surface area contributed by atoms with Crippen LogP contribution in [0, 0.1) is 0 Å². The fraction of sp³-hybridized carbons (Fsp3) is 0.200. The Morgan fingerprint density at radius 1 is 1.08 bits per heavy atom. The van der Waals surface area contributed by atoms with Crippen molar-refractivity contribution < 1.29 is 24.5 Å². The molecule has 0 radical (unpaired) electrons. The number of aliphatic hydroxyl groups excluding tert-OH is 1. The Labute approximate surface area is 150 Å². The minimum absolute atomic E-state index is 0.0305. The van der Waals surface area contributed by atoms with Crippen molar-refractivity contribution in [2.24, 2.45) is 0 Å². The molecular weight excluding hydrogens is 334 g/mol. The molecule has 1 heterocycles. The topological polar surface area (TPSA) is 87.1 Å². The maximum Gasteiger partial charge on any atom is 0.295 e. The monoisotopic (exact) mass is 353 g/mol. The van der Waals surface area contributed by atoms with E-state index in [1.807, 2.05) is 0 Å². The normalized spacial score (nSPS) is 19.1. The highest BCUT2D eigenvalue weighted by Gasteiger charge is 2.45. The molecule has 134 valence electrons. The molecule has 6 nitrogen and oxygen atoms in total. The van der Waals surface area contributed by atoms with Crippen LogP contribution in [-0.2, 0) is 14.3 Å². The largest absolute Gasteiger partial charge is 0.508 e. The summed E-state index contributed by atoms with van der Waals surface area (Å²) in [5.74, 6) is -1.56. The molecule has 1 amide bonds. The number of nitrogens with zero attached hydrogens (tertiary/aromatic N) is 1. The van der Waals surface area contributed by atoms with Crippen molar-refractivity contribution in [3.05, 3.63) is 71.3 Å². The van der Waals surface area contributed by atoms with E-state index >= 15 is 0 Å². The molecule has 6 heteroatoms. The van der Waals surface area contributed by atoms with E-state index in [-0.39, 0.29) is 30.2 Å². The number of aromatic hydroxyl groups is 1. The van der Waals surface area contributed by atoms with Gasteiger partial charge in [0.25, 0.3) is 11.7 Å². The number of ether oxygens (including phenoxy) is 1. The minimum Gasteiger partial charge on any atom is -0.508 e. The van der Waals surface area contributed by atoms with Crippen molar-refractivity contribution in [2.45, 2.75) is 6.04 Å². The molecule has 1 saturated heterocycles. The lowest BCUT2D eigenvalue weighted by Gasteiger charge is -2.25. The van der Waals surface area contributed by atoms with Gasteiger partial charge in [-0.2, -0.15) is 0 Å². The lowest BCUT2D eigenvalue weighted by Crippen LogP contribution is -2.32. The zero-order chi connectivity index (χ0) is 18.7. The first kappa shape index (κ1) is 17.7. The van der Waals surface area contributed by atoms with Gasteiger partial charge < -0.3 is 19.8 Å². The van der Waals surface area contributed by atoms with Crippen LogP contribution in [0.5, 0.6) is 5.75 Å². The van der Waals surface area contributed by atoms with Gasteiger partial charge in [0.2, 0.25) is 0 Å². The zero-order valence-corrected chi connectivity index (χ0v) is 14.3. The predicted octanol–water partition coefficient (Wildman–Crippen LogP) is 2.46. The van der Waals surface area contributed by atoms with Crippen molar-refractivity contribution in [1.82, 2.24) is 4.90 Å². The highest BCUT2D eigenvalue weighted by atomic mass is 16.5. The number of hydrogen-bond donors (Lipinski definition) is 2. The number of likely N-dealkylation sites (tertiary alicyclic amines) is 1. The molecule has 26 heavy (non-hydrogen) atoms. The van der Waals surface area contributed by atoms with E-state index in [0.717, 1.165) is 0 Å². The van der Waals surface area contributed by atoms with Crippen molar-refractivity contribution in [3.63, 3.8) is 0 Å². The first-order valence-electron chi connectivity index (χ1n) is 8.16. The number of benzene rings is 2. The maximum atomic E-state index is 12.6. The number of ketones is 1. The van der Waals surface area contributed by atoms with Crippen molar-refractivity contribution in [3.8, 4) is 5.75 Å². The van der Waals surface area contributed by atoms with Gasteiger partial charge in [-0.05, 0) is 17.7 Å². The lowest BCUT2D eigenvalue weighted by molar-refractivity contribution is -0.140. The fourth-order valence-corrected chi connectivity index (χ4v) is 3.05. The Hall–Kier alpha value is -3.12. The number of phenolic OH excluding ortho intramolecular Hbond substituents is 1. The molecule has 3 rings (SSSR count). The second-order valence-corrected chi connectivity index (χ2v) is 5.94. The van der Waals surface area contributed by atoms with E-state index in [0.29, 0.717) is 11.1 Å².